The van der Waals surface area contributed by atoms with Gasteiger partial charge in [-0.05, 0) is 25.8 Å². The molecule has 3 rings (SSSR count). The third kappa shape index (κ3) is 3.17. The van der Waals surface area contributed by atoms with Crippen LogP contribution >= 0.6 is 0 Å². The Morgan fingerprint density at radius 1 is 1.26 bits per heavy atom. The molecule has 1 aliphatic heterocycles. The van der Waals surface area contributed by atoms with Crippen LogP contribution in [0.25, 0.3) is 0 Å². The minimum Gasteiger partial charge on any atom is -0.378 e. The van der Waals surface area contributed by atoms with Crippen LogP contribution in [0.15, 0.2) is 39.8 Å². The van der Waals surface area contributed by atoms with E-state index in [1.165, 1.54) is 4.31 Å². The molecule has 1 atom stereocenters. The van der Waals surface area contributed by atoms with Gasteiger partial charge in [-0.15, -0.1) is 0 Å². The van der Waals surface area contributed by atoms with E-state index >= 15 is 0 Å². The lowest BCUT2D eigenvalue weighted by molar-refractivity contribution is 0.0328. The van der Waals surface area contributed by atoms with Crippen molar-refractivity contribution in [3.05, 3.63) is 47.3 Å². The Balaban J connectivity index is 1.92. The zero-order valence-corrected chi connectivity index (χ0v) is 14.0. The summed E-state index contributed by atoms with van der Waals surface area (Å²) in [5, 5.41) is 3.77. The van der Waals surface area contributed by atoms with E-state index in [4.69, 9.17) is 9.26 Å². The van der Waals surface area contributed by atoms with Crippen molar-refractivity contribution in [2.75, 3.05) is 19.8 Å². The van der Waals surface area contributed by atoms with Gasteiger partial charge in [0.25, 0.3) is 0 Å². The number of ether oxygens (including phenoxy) is 1. The first-order chi connectivity index (χ1) is 11.0. The monoisotopic (exact) mass is 336 g/mol. The van der Waals surface area contributed by atoms with Gasteiger partial charge in [0.1, 0.15) is 10.6 Å². The highest BCUT2D eigenvalue weighted by Gasteiger charge is 2.37. The topological polar surface area (TPSA) is 72.6 Å². The van der Waals surface area contributed by atoms with E-state index in [1.807, 2.05) is 30.3 Å². The average Bonchev–Trinajstić information content (AvgIpc) is 2.88. The van der Waals surface area contributed by atoms with Crippen molar-refractivity contribution in [3.63, 3.8) is 0 Å². The largest absolute Gasteiger partial charge is 0.378 e. The number of aromatic nitrogens is 1. The number of rotatable bonds is 4. The first-order valence-corrected chi connectivity index (χ1v) is 9.00. The summed E-state index contributed by atoms with van der Waals surface area (Å²) in [5.74, 6) is 0.326. The van der Waals surface area contributed by atoms with Crippen LogP contribution in [0.5, 0.6) is 0 Å². The third-order valence-corrected chi connectivity index (χ3v) is 6.22. The maximum absolute atomic E-state index is 13.1. The lowest BCUT2D eigenvalue weighted by atomic mass is 10.1. The van der Waals surface area contributed by atoms with Crippen molar-refractivity contribution >= 4 is 10.0 Å². The Morgan fingerprint density at radius 2 is 2.00 bits per heavy atom. The Bertz CT molecular complexity index is 751. The minimum atomic E-state index is -3.65. The molecule has 1 fully saturated rings. The van der Waals surface area contributed by atoms with E-state index in [0.717, 1.165) is 5.56 Å². The second kappa shape index (κ2) is 6.43. The van der Waals surface area contributed by atoms with Gasteiger partial charge in [-0.3, -0.25) is 0 Å². The van der Waals surface area contributed by atoms with Gasteiger partial charge in [-0.2, -0.15) is 4.31 Å². The maximum Gasteiger partial charge on any atom is 0.248 e. The molecule has 0 spiro atoms. The zero-order valence-electron chi connectivity index (χ0n) is 13.2. The molecule has 124 valence electrons. The summed E-state index contributed by atoms with van der Waals surface area (Å²) >= 11 is 0. The number of hydrogen-bond acceptors (Lipinski definition) is 5. The highest BCUT2D eigenvalue weighted by molar-refractivity contribution is 7.89. The van der Waals surface area contributed by atoms with Crippen LogP contribution in [0, 0.1) is 13.8 Å². The van der Waals surface area contributed by atoms with Crippen LogP contribution in [0.4, 0.5) is 0 Å². The number of hydrogen-bond donors (Lipinski definition) is 0. The number of benzene rings is 1. The molecule has 0 N–H and O–H groups in total. The van der Waals surface area contributed by atoms with E-state index in [9.17, 15) is 8.42 Å². The van der Waals surface area contributed by atoms with Crippen molar-refractivity contribution in [1.29, 1.82) is 0 Å². The summed E-state index contributed by atoms with van der Waals surface area (Å²) in [4.78, 5) is 0.178. The summed E-state index contributed by atoms with van der Waals surface area (Å²) in [6.45, 7) is 4.39. The SMILES string of the molecule is Cc1noc(C)c1S(=O)(=O)N1CCOCC1Cc1ccccc1. The summed E-state index contributed by atoms with van der Waals surface area (Å²) in [7, 11) is -3.65. The summed E-state index contributed by atoms with van der Waals surface area (Å²) < 4.78 is 38.2. The van der Waals surface area contributed by atoms with Gasteiger partial charge < -0.3 is 9.26 Å². The highest BCUT2D eigenvalue weighted by atomic mass is 32.2. The molecule has 23 heavy (non-hydrogen) atoms. The fourth-order valence-corrected chi connectivity index (χ4v) is 4.85. The van der Waals surface area contributed by atoms with Gasteiger partial charge in [-0.1, -0.05) is 35.5 Å². The standard InChI is InChI=1S/C16H20N2O4S/c1-12-16(13(2)22-17-12)23(19,20)18-8-9-21-11-15(18)10-14-6-4-3-5-7-14/h3-7,15H,8-11H2,1-2H3. The van der Waals surface area contributed by atoms with Crippen LogP contribution in [0.1, 0.15) is 17.0 Å². The summed E-state index contributed by atoms with van der Waals surface area (Å²) in [6, 6.07) is 9.60. The Labute approximate surface area is 136 Å². The molecule has 0 radical (unpaired) electrons. The molecule has 0 saturated carbocycles. The second-order valence-electron chi connectivity index (χ2n) is 5.69. The molecule has 0 aliphatic carbocycles. The summed E-state index contributed by atoms with van der Waals surface area (Å²) in [5.41, 5.74) is 1.48. The first kappa shape index (κ1) is 16.2. The predicted molar refractivity (Wildman–Crippen MR) is 84.6 cm³/mol. The molecule has 1 aliphatic rings. The molecule has 0 bridgehead atoms. The molecule has 1 unspecified atom stereocenters. The van der Waals surface area contributed by atoms with Crippen LogP contribution < -0.4 is 0 Å². The van der Waals surface area contributed by atoms with E-state index in [0.29, 0.717) is 37.6 Å². The van der Waals surface area contributed by atoms with Crippen LogP contribution in [0.2, 0.25) is 0 Å². The van der Waals surface area contributed by atoms with Gasteiger partial charge in [0.15, 0.2) is 5.76 Å². The maximum atomic E-state index is 13.1. The Kier molecular flexibility index (Phi) is 4.52. The lowest BCUT2D eigenvalue weighted by Gasteiger charge is -2.34. The van der Waals surface area contributed by atoms with Crippen molar-refractivity contribution in [3.8, 4) is 0 Å². The van der Waals surface area contributed by atoms with Gasteiger partial charge >= 0.3 is 0 Å². The van der Waals surface area contributed by atoms with Crippen molar-refractivity contribution in [2.45, 2.75) is 31.2 Å². The molecular weight excluding hydrogens is 316 g/mol. The zero-order chi connectivity index (χ0) is 16.4. The molecule has 1 aromatic heterocycles. The lowest BCUT2D eigenvalue weighted by Crippen LogP contribution is -2.49. The normalized spacial score (nSPS) is 19.8. The summed E-state index contributed by atoms with van der Waals surface area (Å²) in [6.07, 6.45) is 0.615. The smallest absolute Gasteiger partial charge is 0.248 e. The molecular formula is C16H20N2O4S. The molecule has 1 aromatic carbocycles. The van der Waals surface area contributed by atoms with Crippen molar-refractivity contribution < 1.29 is 17.7 Å². The number of aryl methyl sites for hydroxylation is 2. The molecule has 7 heteroatoms. The molecule has 6 nitrogen and oxygen atoms in total. The van der Waals surface area contributed by atoms with E-state index in [2.05, 4.69) is 5.16 Å². The van der Waals surface area contributed by atoms with Crippen LogP contribution in [-0.4, -0.2) is 43.7 Å². The van der Waals surface area contributed by atoms with Gasteiger partial charge in [0.2, 0.25) is 10.0 Å². The van der Waals surface area contributed by atoms with Gasteiger partial charge in [-0.25, -0.2) is 8.42 Å². The average molecular weight is 336 g/mol. The first-order valence-electron chi connectivity index (χ1n) is 7.56. The minimum absolute atomic E-state index is 0.178. The fourth-order valence-electron chi connectivity index (χ4n) is 2.96. The Hall–Kier alpha value is -1.70. The van der Waals surface area contributed by atoms with Crippen molar-refractivity contribution in [2.24, 2.45) is 0 Å². The van der Waals surface area contributed by atoms with Crippen molar-refractivity contribution in [1.82, 2.24) is 9.46 Å². The predicted octanol–water partition coefficient (Wildman–Crippen LogP) is 1.92. The molecule has 1 saturated heterocycles. The highest BCUT2D eigenvalue weighted by Crippen LogP contribution is 2.27. The molecule has 0 amide bonds. The number of nitrogens with zero attached hydrogens (tertiary/aromatic N) is 2. The van der Waals surface area contributed by atoms with E-state index < -0.39 is 10.0 Å². The third-order valence-electron chi connectivity index (χ3n) is 4.02. The van der Waals surface area contributed by atoms with Crippen LogP contribution in [0.3, 0.4) is 0 Å². The quantitative estimate of drug-likeness (QED) is 0.853. The van der Waals surface area contributed by atoms with Crippen LogP contribution in [-0.2, 0) is 21.2 Å². The van der Waals surface area contributed by atoms with E-state index in [1.54, 1.807) is 13.8 Å². The van der Waals surface area contributed by atoms with E-state index in [-0.39, 0.29) is 10.9 Å². The second-order valence-corrected chi connectivity index (χ2v) is 7.51. The molecule has 2 heterocycles. The van der Waals surface area contributed by atoms with Gasteiger partial charge in [0.05, 0.1) is 19.3 Å². The fraction of sp³-hybridized carbons (Fsp3) is 0.438. The van der Waals surface area contributed by atoms with Gasteiger partial charge in [0, 0.05) is 6.54 Å². The number of sulfonamides is 1. The Morgan fingerprint density at radius 3 is 2.65 bits per heavy atom. The molecule has 2 aromatic rings. The number of morpholine rings is 1.